The van der Waals surface area contributed by atoms with E-state index in [1.54, 1.807) is 32.2 Å². The van der Waals surface area contributed by atoms with Gasteiger partial charge in [0.05, 0.1) is 11.9 Å². The maximum Gasteiger partial charge on any atom is 0.138 e. The fourth-order valence-electron chi connectivity index (χ4n) is 1.41. The van der Waals surface area contributed by atoms with Crippen molar-refractivity contribution in [3.63, 3.8) is 0 Å². The zero-order valence-corrected chi connectivity index (χ0v) is 9.16. The van der Waals surface area contributed by atoms with Crippen LogP contribution in [-0.2, 0) is 5.60 Å². The van der Waals surface area contributed by atoms with Gasteiger partial charge in [-0.2, -0.15) is 0 Å². The number of rotatable bonds is 2. The second kappa shape index (κ2) is 3.72. The molecular formula is C12H13FN2O. The molecule has 0 amide bonds. The molecule has 84 valence electrons. The van der Waals surface area contributed by atoms with Crippen LogP contribution >= 0.6 is 0 Å². The number of hydrogen-bond donors (Lipinski definition) is 2. The Bertz CT molecular complexity index is 482. The number of hydrogen-bond acceptors (Lipinski definition) is 2. The third-order valence-corrected chi connectivity index (χ3v) is 2.31. The number of H-pyrrole nitrogens is 1. The Morgan fingerprint density at radius 2 is 1.88 bits per heavy atom. The maximum atomic E-state index is 12.7. The molecule has 3 nitrogen and oxygen atoms in total. The number of benzene rings is 1. The zero-order chi connectivity index (χ0) is 11.8. The van der Waals surface area contributed by atoms with E-state index in [0.717, 1.165) is 11.3 Å². The van der Waals surface area contributed by atoms with E-state index in [2.05, 4.69) is 9.97 Å². The summed E-state index contributed by atoms with van der Waals surface area (Å²) in [5.41, 5.74) is 0.597. The Labute approximate surface area is 93.0 Å². The van der Waals surface area contributed by atoms with Crippen molar-refractivity contribution in [3.05, 3.63) is 42.1 Å². The normalized spacial score (nSPS) is 11.8. The van der Waals surface area contributed by atoms with Crippen molar-refractivity contribution in [1.82, 2.24) is 9.97 Å². The van der Waals surface area contributed by atoms with Crippen LogP contribution in [0.25, 0.3) is 11.3 Å². The summed E-state index contributed by atoms with van der Waals surface area (Å²) in [7, 11) is 0. The predicted octanol–water partition coefficient (Wildman–Crippen LogP) is 2.44. The van der Waals surface area contributed by atoms with Crippen LogP contribution in [0.2, 0.25) is 0 Å². The molecule has 1 aromatic heterocycles. The van der Waals surface area contributed by atoms with Gasteiger partial charge in [0.25, 0.3) is 0 Å². The summed E-state index contributed by atoms with van der Waals surface area (Å²) in [5.74, 6) is 0.220. The summed E-state index contributed by atoms with van der Waals surface area (Å²) in [6.07, 6.45) is 1.63. The zero-order valence-electron chi connectivity index (χ0n) is 9.16. The van der Waals surface area contributed by atoms with E-state index < -0.39 is 5.60 Å². The Morgan fingerprint density at radius 1 is 1.25 bits per heavy atom. The van der Waals surface area contributed by atoms with Crippen molar-refractivity contribution in [3.8, 4) is 11.3 Å². The minimum Gasteiger partial charge on any atom is -0.383 e. The van der Waals surface area contributed by atoms with Gasteiger partial charge < -0.3 is 10.1 Å². The van der Waals surface area contributed by atoms with E-state index in [1.165, 1.54) is 12.1 Å². The molecule has 0 saturated carbocycles. The fraction of sp³-hybridized carbons (Fsp3) is 0.250. The largest absolute Gasteiger partial charge is 0.383 e. The van der Waals surface area contributed by atoms with Gasteiger partial charge in [-0.05, 0) is 43.7 Å². The van der Waals surface area contributed by atoms with E-state index in [1.807, 2.05) is 0 Å². The first-order valence-corrected chi connectivity index (χ1v) is 5.00. The second-order valence-corrected chi connectivity index (χ2v) is 4.21. The molecule has 0 fully saturated rings. The van der Waals surface area contributed by atoms with Gasteiger partial charge in [0, 0.05) is 0 Å². The Kier molecular flexibility index (Phi) is 2.52. The van der Waals surface area contributed by atoms with Crippen molar-refractivity contribution in [1.29, 1.82) is 0 Å². The minimum atomic E-state index is -1.00. The van der Waals surface area contributed by atoms with Crippen LogP contribution in [0.3, 0.4) is 0 Å². The molecule has 2 N–H and O–H groups in total. The number of aromatic nitrogens is 2. The lowest BCUT2D eigenvalue weighted by atomic mass is 10.1. The van der Waals surface area contributed by atoms with Crippen LogP contribution in [0.1, 0.15) is 19.7 Å². The molecule has 0 bridgehead atoms. The van der Waals surface area contributed by atoms with Crippen LogP contribution in [0.15, 0.2) is 30.5 Å². The first-order valence-electron chi connectivity index (χ1n) is 5.00. The molecule has 0 spiro atoms. The van der Waals surface area contributed by atoms with Crippen LogP contribution in [-0.4, -0.2) is 15.1 Å². The van der Waals surface area contributed by atoms with Gasteiger partial charge in [0.2, 0.25) is 0 Å². The molecule has 0 atom stereocenters. The molecule has 0 saturated heterocycles. The van der Waals surface area contributed by atoms with Crippen LogP contribution in [0.5, 0.6) is 0 Å². The van der Waals surface area contributed by atoms with Gasteiger partial charge in [-0.15, -0.1) is 0 Å². The van der Waals surface area contributed by atoms with Gasteiger partial charge in [-0.25, -0.2) is 9.37 Å². The standard InChI is InChI=1S/C12H13FN2O/c1-12(2,16)11-14-7-10(15-11)8-3-5-9(13)6-4-8/h3-7,16H,1-2H3,(H,14,15). The minimum absolute atomic E-state index is 0.272. The SMILES string of the molecule is CC(C)(O)c1ncc(-c2ccc(F)cc2)[nH]1. The first kappa shape index (κ1) is 10.8. The van der Waals surface area contributed by atoms with Crippen LogP contribution < -0.4 is 0 Å². The quantitative estimate of drug-likeness (QED) is 0.816. The van der Waals surface area contributed by atoms with Crippen molar-refractivity contribution in [2.24, 2.45) is 0 Å². The molecule has 0 radical (unpaired) electrons. The average Bonchev–Trinajstić information content (AvgIpc) is 2.67. The number of aromatic amines is 1. The highest BCUT2D eigenvalue weighted by atomic mass is 19.1. The Hall–Kier alpha value is -1.68. The molecule has 2 rings (SSSR count). The van der Waals surface area contributed by atoms with E-state index >= 15 is 0 Å². The molecule has 1 aromatic carbocycles. The number of imidazole rings is 1. The van der Waals surface area contributed by atoms with Gasteiger partial charge >= 0.3 is 0 Å². The molecule has 0 aliphatic heterocycles. The van der Waals surface area contributed by atoms with E-state index in [-0.39, 0.29) is 5.82 Å². The van der Waals surface area contributed by atoms with Crippen LogP contribution in [0.4, 0.5) is 4.39 Å². The highest BCUT2D eigenvalue weighted by Gasteiger charge is 2.19. The predicted molar refractivity (Wildman–Crippen MR) is 59.2 cm³/mol. The average molecular weight is 220 g/mol. The van der Waals surface area contributed by atoms with E-state index in [9.17, 15) is 9.50 Å². The second-order valence-electron chi connectivity index (χ2n) is 4.21. The van der Waals surface area contributed by atoms with Gasteiger partial charge in [-0.3, -0.25) is 0 Å². The summed E-state index contributed by atoms with van der Waals surface area (Å²) >= 11 is 0. The lowest BCUT2D eigenvalue weighted by Crippen LogP contribution is -2.17. The molecule has 0 aliphatic carbocycles. The lowest BCUT2D eigenvalue weighted by molar-refractivity contribution is 0.0697. The van der Waals surface area contributed by atoms with Crippen molar-refractivity contribution < 1.29 is 9.50 Å². The summed E-state index contributed by atoms with van der Waals surface area (Å²) in [4.78, 5) is 7.09. The van der Waals surface area contributed by atoms with Crippen molar-refractivity contribution >= 4 is 0 Å². The fourth-order valence-corrected chi connectivity index (χ4v) is 1.41. The maximum absolute atomic E-state index is 12.7. The summed E-state index contributed by atoms with van der Waals surface area (Å²) in [6, 6.07) is 6.11. The topological polar surface area (TPSA) is 48.9 Å². The molecule has 16 heavy (non-hydrogen) atoms. The first-order chi connectivity index (χ1) is 7.47. The number of nitrogens with zero attached hydrogens (tertiary/aromatic N) is 1. The smallest absolute Gasteiger partial charge is 0.138 e. The molecule has 0 unspecified atom stereocenters. The Morgan fingerprint density at radius 3 is 2.38 bits per heavy atom. The third kappa shape index (κ3) is 2.12. The summed E-state index contributed by atoms with van der Waals surface area (Å²) < 4.78 is 12.7. The van der Waals surface area contributed by atoms with Crippen molar-refractivity contribution in [2.75, 3.05) is 0 Å². The number of nitrogens with one attached hydrogen (secondary N) is 1. The monoisotopic (exact) mass is 220 g/mol. The van der Waals surface area contributed by atoms with Crippen LogP contribution in [0, 0.1) is 5.82 Å². The Balaban J connectivity index is 2.35. The summed E-state index contributed by atoms with van der Waals surface area (Å²) in [5, 5.41) is 9.74. The van der Waals surface area contributed by atoms with E-state index in [0.29, 0.717) is 5.82 Å². The highest BCUT2D eigenvalue weighted by molar-refractivity contribution is 5.58. The highest BCUT2D eigenvalue weighted by Crippen LogP contribution is 2.22. The summed E-state index contributed by atoms with van der Waals surface area (Å²) in [6.45, 7) is 3.31. The molecule has 0 aliphatic rings. The number of halogens is 1. The lowest BCUT2D eigenvalue weighted by Gasteiger charge is -2.12. The van der Waals surface area contributed by atoms with Gasteiger partial charge in [0.1, 0.15) is 17.2 Å². The molecule has 4 heteroatoms. The number of aliphatic hydroxyl groups is 1. The third-order valence-electron chi connectivity index (χ3n) is 2.31. The molecule has 2 aromatic rings. The van der Waals surface area contributed by atoms with Crippen molar-refractivity contribution in [2.45, 2.75) is 19.4 Å². The van der Waals surface area contributed by atoms with Gasteiger partial charge in [-0.1, -0.05) is 0 Å². The van der Waals surface area contributed by atoms with Gasteiger partial charge in [0.15, 0.2) is 0 Å². The molecule has 1 heterocycles. The molecular weight excluding hydrogens is 207 g/mol. The van der Waals surface area contributed by atoms with E-state index in [4.69, 9.17) is 0 Å².